The highest BCUT2D eigenvalue weighted by Crippen LogP contribution is 2.37. The van der Waals surface area contributed by atoms with Gasteiger partial charge >= 0.3 is 0 Å². The largest absolute Gasteiger partial charge is 0.507 e. The van der Waals surface area contributed by atoms with Crippen molar-refractivity contribution in [2.24, 2.45) is 17.8 Å². The molecule has 12 heteroatoms. The van der Waals surface area contributed by atoms with Crippen molar-refractivity contribution in [1.29, 1.82) is 0 Å². The van der Waals surface area contributed by atoms with E-state index in [9.17, 15) is 49.2 Å². The summed E-state index contributed by atoms with van der Waals surface area (Å²) in [6.45, 7) is 10.9. The number of fused-ring (bicyclic) bond motifs is 18. The minimum Gasteiger partial charge on any atom is -0.507 e. The number of carbonyl (C=O) groups is 6. The summed E-state index contributed by atoms with van der Waals surface area (Å²) in [5.74, 6) is -5.73. The second kappa shape index (κ2) is 19.9. The van der Waals surface area contributed by atoms with Gasteiger partial charge in [-0.25, -0.2) is 0 Å². The summed E-state index contributed by atoms with van der Waals surface area (Å²) in [6.07, 6.45) is 12.0. The Morgan fingerprint density at radius 2 is 1.49 bits per heavy atom. The third-order valence-electron chi connectivity index (χ3n) is 9.68. The lowest BCUT2D eigenvalue weighted by molar-refractivity contribution is -0.119. The lowest BCUT2D eigenvalue weighted by Crippen LogP contribution is -2.35. The van der Waals surface area contributed by atoms with E-state index in [1.54, 1.807) is 58.1 Å². The number of ketones is 4. The molecule has 2 heterocycles. The van der Waals surface area contributed by atoms with Crippen molar-refractivity contribution in [1.82, 2.24) is 10.6 Å². The predicted molar refractivity (Wildman–Crippen MR) is 208 cm³/mol. The molecular weight excluding hydrogens is 704 g/mol. The lowest BCUT2D eigenvalue weighted by atomic mass is 9.79. The van der Waals surface area contributed by atoms with E-state index in [4.69, 9.17) is 0 Å². The van der Waals surface area contributed by atoms with Gasteiger partial charge in [-0.15, -0.1) is 0 Å². The number of benzene rings is 1. The first kappa shape index (κ1) is 44.1. The number of phenolic OH excluding ortho intramolecular Hbond substituents is 1. The fourth-order valence-corrected chi connectivity index (χ4v) is 6.21. The van der Waals surface area contributed by atoms with Crippen LogP contribution < -0.4 is 10.6 Å². The van der Waals surface area contributed by atoms with Crippen LogP contribution in [0.2, 0.25) is 0 Å². The van der Waals surface area contributed by atoms with Crippen LogP contribution >= 0.6 is 0 Å². The number of aliphatic hydroxyl groups is 3. The van der Waals surface area contributed by atoms with Crippen LogP contribution in [0.5, 0.6) is 5.75 Å². The number of phenols is 1. The number of aliphatic hydroxyl groups excluding tert-OH is 3. The minimum absolute atomic E-state index is 0.0696. The summed E-state index contributed by atoms with van der Waals surface area (Å²) in [7, 11) is 0. The maximum atomic E-state index is 14.2. The molecule has 0 radical (unpaired) electrons. The van der Waals surface area contributed by atoms with Crippen molar-refractivity contribution >= 4 is 34.9 Å². The molecule has 1 aromatic rings. The number of hydrogen-bond acceptors (Lipinski definition) is 10. The Bertz CT molecular complexity index is 1930. The molecule has 2 amide bonds. The van der Waals surface area contributed by atoms with Crippen molar-refractivity contribution in [3.8, 4) is 5.75 Å². The van der Waals surface area contributed by atoms with Crippen molar-refractivity contribution in [2.75, 3.05) is 6.54 Å². The van der Waals surface area contributed by atoms with Crippen LogP contribution in [0.15, 0.2) is 89.2 Å². The Kier molecular flexibility index (Phi) is 15.9. The molecule has 12 nitrogen and oxygen atoms in total. The maximum Gasteiger partial charge on any atom is 0.248 e. The quantitative estimate of drug-likeness (QED) is 0.236. The first-order valence-corrected chi connectivity index (χ1v) is 18.3. The monoisotopic (exact) mass is 756 g/mol. The molecule has 4 rings (SSSR count). The first-order valence-electron chi connectivity index (χ1n) is 18.3. The highest BCUT2D eigenvalue weighted by atomic mass is 16.3. The van der Waals surface area contributed by atoms with Crippen molar-refractivity contribution in [2.45, 2.75) is 86.0 Å². The second-order valence-electron chi connectivity index (χ2n) is 14.2. The standard InChI is InChI=1S/C43H52N2O10/c1-23-12-10-8-9-11-13-35(50)45-38-31(18-19-44-29(7)46)42(54)36-32(43(38)55)21-28(6)41(53)37(36)40(52)27(5)20-26(4)39(51)25(3)15-17-30(47)16-14-24(2)34(49)22-33(23)48/h8-15,17,20-21,23,25-26,30,33,39,47-48,51,53H,16,18-19,22H2,1-7H3,(H,44,46)(H,45,50)/b9-8-,12-10+,13-11-,17-15+,24-14+,27-20+/t23-,25-,26-,30-,33-,39-/m0/s1. The van der Waals surface area contributed by atoms with Gasteiger partial charge in [0.15, 0.2) is 17.3 Å². The Labute approximate surface area is 321 Å². The number of carbonyl (C=O) groups excluding carboxylic acids is 6. The SMILES string of the molecule is CC(=O)NCCC1=C2NC(=O)\C=C/C=C\C=C\[C@H](C)[C@@H](O)CC(=O)/C(C)=C/C[C@H](O)/C=C/[C@H](C)[C@H](O)[C@@H](C)/C=C(\C)C(=O)c3c(O)c(C)cc(c3C1=O)C2=O. The Balaban J connectivity index is 2.14. The van der Waals surface area contributed by atoms with Crippen LogP contribution in [0, 0.1) is 24.7 Å². The van der Waals surface area contributed by atoms with E-state index < -0.39 is 76.5 Å². The molecule has 3 aliphatic rings. The van der Waals surface area contributed by atoms with Crippen molar-refractivity contribution < 1.29 is 49.2 Å². The van der Waals surface area contributed by atoms with Crippen LogP contribution in [0.1, 0.15) is 97.4 Å². The number of amides is 2. The zero-order valence-electron chi connectivity index (χ0n) is 32.4. The van der Waals surface area contributed by atoms with Crippen LogP contribution in [0.25, 0.3) is 0 Å². The summed E-state index contributed by atoms with van der Waals surface area (Å²) in [5.41, 5.74) is -0.810. The average molecular weight is 757 g/mol. The molecule has 0 spiro atoms. The molecule has 0 fully saturated rings. The Hall–Kier alpha value is -5.30. The molecule has 0 aromatic heterocycles. The van der Waals surface area contributed by atoms with Gasteiger partial charge in [0.1, 0.15) is 5.75 Å². The molecule has 6 atom stereocenters. The summed E-state index contributed by atoms with van der Waals surface area (Å²) in [5, 5.41) is 48.6. The molecule has 6 N–H and O–H groups in total. The highest BCUT2D eigenvalue weighted by Gasteiger charge is 2.38. The van der Waals surface area contributed by atoms with Gasteiger partial charge in [-0.1, -0.05) is 75.5 Å². The zero-order valence-corrected chi connectivity index (χ0v) is 32.4. The zero-order chi connectivity index (χ0) is 41.1. The van der Waals surface area contributed by atoms with Crippen molar-refractivity contribution in [3.05, 3.63) is 111 Å². The smallest absolute Gasteiger partial charge is 0.248 e. The number of aryl methyl sites for hydroxylation is 1. The minimum atomic E-state index is -1.03. The Morgan fingerprint density at radius 1 is 0.818 bits per heavy atom. The molecule has 0 saturated carbocycles. The van der Waals surface area contributed by atoms with Gasteiger partial charge in [0.05, 0.1) is 29.6 Å². The van der Waals surface area contributed by atoms with E-state index in [2.05, 4.69) is 10.6 Å². The van der Waals surface area contributed by atoms with E-state index in [0.717, 1.165) is 6.08 Å². The molecular formula is C43H52N2O10. The van der Waals surface area contributed by atoms with Gasteiger partial charge in [-0.3, -0.25) is 28.8 Å². The lowest BCUT2D eigenvalue weighted by Gasteiger charge is -2.25. The number of allylic oxidation sites excluding steroid dienone is 7. The normalized spacial score (nSPS) is 29.5. The van der Waals surface area contributed by atoms with Crippen LogP contribution in [0.3, 0.4) is 0 Å². The topological polar surface area (TPSA) is 207 Å². The van der Waals surface area contributed by atoms with Crippen LogP contribution in [0.4, 0.5) is 0 Å². The average Bonchev–Trinajstić information content (AvgIpc) is 3.13. The Morgan fingerprint density at radius 3 is 2.16 bits per heavy atom. The van der Waals surface area contributed by atoms with Crippen LogP contribution in [-0.4, -0.2) is 80.2 Å². The fraction of sp³-hybridized carbons (Fsp3) is 0.395. The van der Waals surface area contributed by atoms with E-state index >= 15 is 0 Å². The molecule has 1 aromatic carbocycles. The molecule has 1 aliphatic carbocycles. The molecule has 0 saturated heterocycles. The third kappa shape index (κ3) is 11.6. The van der Waals surface area contributed by atoms with Crippen molar-refractivity contribution in [3.63, 3.8) is 0 Å². The van der Waals surface area contributed by atoms with Gasteiger partial charge in [0, 0.05) is 60.4 Å². The number of hydrogen-bond donors (Lipinski definition) is 6. The molecule has 294 valence electrons. The van der Waals surface area contributed by atoms with Gasteiger partial charge in [-0.05, 0) is 56.4 Å². The number of nitrogens with one attached hydrogen (secondary N) is 2. The fourth-order valence-electron chi connectivity index (χ4n) is 6.21. The number of rotatable bonds is 3. The highest BCUT2D eigenvalue weighted by molar-refractivity contribution is 6.32. The van der Waals surface area contributed by atoms with Gasteiger partial charge in [0.2, 0.25) is 17.6 Å². The maximum absolute atomic E-state index is 14.2. The molecule has 55 heavy (non-hydrogen) atoms. The van der Waals surface area contributed by atoms with E-state index in [1.807, 2.05) is 0 Å². The summed E-state index contributed by atoms with van der Waals surface area (Å²) in [4.78, 5) is 79.8. The van der Waals surface area contributed by atoms with E-state index in [-0.39, 0.29) is 65.1 Å². The van der Waals surface area contributed by atoms with Crippen LogP contribution in [-0.2, 0) is 14.4 Å². The van der Waals surface area contributed by atoms with Gasteiger partial charge < -0.3 is 31.1 Å². The summed E-state index contributed by atoms with van der Waals surface area (Å²) < 4.78 is 0. The molecule has 0 unspecified atom stereocenters. The predicted octanol–water partition coefficient (Wildman–Crippen LogP) is 4.63. The molecule has 2 aliphatic heterocycles. The summed E-state index contributed by atoms with van der Waals surface area (Å²) >= 11 is 0. The van der Waals surface area contributed by atoms with Gasteiger partial charge in [0.25, 0.3) is 0 Å². The number of Topliss-reactive ketones (excluding diaryl/α,β-unsaturated/α-hetero) is 4. The van der Waals surface area contributed by atoms with Gasteiger partial charge in [-0.2, -0.15) is 0 Å². The van der Waals surface area contributed by atoms with E-state index in [0.29, 0.717) is 5.57 Å². The van der Waals surface area contributed by atoms with E-state index in [1.165, 1.54) is 51.1 Å². The second-order valence-corrected chi connectivity index (χ2v) is 14.2. The third-order valence-corrected chi connectivity index (χ3v) is 9.68. The number of aromatic hydroxyl groups is 1. The first-order chi connectivity index (χ1) is 25.8. The summed E-state index contributed by atoms with van der Waals surface area (Å²) in [6, 6.07) is 1.28. The molecule has 4 bridgehead atoms.